The highest BCUT2D eigenvalue weighted by atomic mass is 32.8. The molecule has 0 aliphatic rings. The van der Waals surface area contributed by atoms with Crippen LogP contribution in [0.2, 0.25) is 0 Å². The van der Waals surface area contributed by atoms with E-state index in [4.69, 9.17) is 16.8 Å². The Morgan fingerprint density at radius 1 is 0.750 bits per heavy atom. The summed E-state index contributed by atoms with van der Waals surface area (Å²) in [7, 11) is -5.90. The van der Waals surface area contributed by atoms with Crippen molar-refractivity contribution < 1.29 is 16.8 Å². The Labute approximate surface area is 49.9 Å². The molecule has 0 bridgehead atoms. The van der Waals surface area contributed by atoms with Crippen LogP contribution in [0.1, 0.15) is 13.8 Å². The molecule has 0 unspecified atom stereocenters. The van der Waals surface area contributed by atoms with Crippen molar-refractivity contribution >= 4 is 18.5 Å². The van der Waals surface area contributed by atoms with Crippen LogP contribution in [0.5, 0.6) is 0 Å². The van der Waals surface area contributed by atoms with Crippen molar-refractivity contribution in [3.63, 3.8) is 0 Å². The Kier molecular flexibility index (Phi) is 8.79. The minimum atomic E-state index is -2.95. The van der Waals surface area contributed by atoms with Gasteiger partial charge >= 0.3 is 18.5 Å². The maximum atomic E-state index is 9.09. The average Bonchev–Trinajstić information content (AvgIpc) is 1.72. The fourth-order valence-electron chi connectivity index (χ4n) is 0. The lowest BCUT2D eigenvalue weighted by molar-refractivity contribution is 0.611. The molecule has 0 aliphatic carbocycles. The molecule has 4 nitrogen and oxygen atoms in total. The first-order valence-corrected chi connectivity index (χ1v) is 4.50. The van der Waals surface area contributed by atoms with Gasteiger partial charge in [0.15, 0.2) is 0 Å². The van der Waals surface area contributed by atoms with Gasteiger partial charge in [0.2, 0.25) is 0 Å². The Hall–Kier alpha value is -0.360. The van der Waals surface area contributed by atoms with Crippen LogP contribution in [0, 0.1) is 0 Å². The van der Waals surface area contributed by atoms with Gasteiger partial charge in [-0.1, -0.05) is 13.8 Å². The fraction of sp³-hybridized carbons (Fsp3) is 1.00. The fourth-order valence-corrected chi connectivity index (χ4v) is 0. The summed E-state index contributed by atoms with van der Waals surface area (Å²) in [6.07, 6.45) is 0. The van der Waals surface area contributed by atoms with Crippen molar-refractivity contribution in [1.29, 1.82) is 0 Å². The van der Waals surface area contributed by atoms with Crippen LogP contribution < -0.4 is 0 Å². The van der Waals surface area contributed by atoms with Crippen LogP contribution in [0.3, 0.4) is 0 Å². The normalized spacial score (nSPS) is 6.25. The molecule has 6 heteroatoms. The van der Waals surface area contributed by atoms with Gasteiger partial charge in [-0.15, -0.1) is 0 Å². The van der Waals surface area contributed by atoms with E-state index in [0.717, 1.165) is 0 Å². The van der Waals surface area contributed by atoms with E-state index in [1.807, 2.05) is 13.8 Å². The second-order valence-corrected chi connectivity index (χ2v) is 2.86. The number of rotatable bonds is 0. The zero-order valence-electron chi connectivity index (χ0n) is 4.45. The lowest BCUT2D eigenvalue weighted by atomic mass is 11.0. The van der Waals surface area contributed by atoms with Crippen molar-refractivity contribution in [3.05, 3.63) is 0 Å². The van der Waals surface area contributed by atoms with Gasteiger partial charge in [-0.2, -0.15) is 16.8 Å². The van der Waals surface area contributed by atoms with E-state index in [9.17, 15) is 0 Å². The lowest BCUT2D eigenvalue weighted by Gasteiger charge is -1.27. The van der Waals surface area contributed by atoms with Crippen LogP contribution in [-0.2, 0) is 18.5 Å². The molecule has 8 heavy (non-hydrogen) atoms. The van der Waals surface area contributed by atoms with Crippen LogP contribution in [-0.4, -0.2) is 16.8 Å². The summed E-state index contributed by atoms with van der Waals surface area (Å²) in [6, 6.07) is 0. The van der Waals surface area contributed by atoms with Crippen LogP contribution in [0.4, 0.5) is 0 Å². The van der Waals surface area contributed by atoms with Gasteiger partial charge in [-0.25, -0.2) is 0 Å². The molecule has 0 aromatic carbocycles. The largest absolute Gasteiger partial charge is 0.335 e. The van der Waals surface area contributed by atoms with Gasteiger partial charge in [0.25, 0.3) is 0 Å². The van der Waals surface area contributed by atoms with Gasteiger partial charge in [0.05, 0.1) is 0 Å². The van der Waals surface area contributed by atoms with E-state index < -0.39 is 18.5 Å². The Morgan fingerprint density at radius 2 is 0.875 bits per heavy atom. The molecule has 0 atom stereocenters. The van der Waals surface area contributed by atoms with E-state index in [1.165, 1.54) is 0 Å². The monoisotopic (exact) mass is 158 g/mol. The Balaban J connectivity index is 0. The van der Waals surface area contributed by atoms with E-state index in [-0.39, 0.29) is 0 Å². The first kappa shape index (κ1) is 10.6. The first-order chi connectivity index (χ1) is 3.64. The highest BCUT2D eigenvalue weighted by molar-refractivity contribution is 8.21. The predicted molar refractivity (Wildman–Crippen MR) is 29.2 cm³/mol. The van der Waals surface area contributed by atoms with E-state index in [1.54, 1.807) is 0 Å². The molecule has 0 N–H and O–H groups in total. The quantitative estimate of drug-likeness (QED) is 0.484. The van der Waals surface area contributed by atoms with Crippen LogP contribution >= 0.6 is 0 Å². The second-order valence-electron chi connectivity index (χ2n) is 0.408. The standard InChI is InChI=1S/C2H6.O4S2/c1-2;1-5(2)6(3)4/h1-2H3;. The number of hydrogen-bond acceptors (Lipinski definition) is 4. The molecule has 0 radical (unpaired) electrons. The molecule has 0 saturated carbocycles. The van der Waals surface area contributed by atoms with Gasteiger partial charge in [-0.05, 0) is 0 Å². The van der Waals surface area contributed by atoms with Gasteiger partial charge in [-0.3, -0.25) is 0 Å². The second kappa shape index (κ2) is 6.64. The molecule has 0 aromatic heterocycles. The highest BCUT2D eigenvalue weighted by Gasteiger charge is 1.61. The van der Waals surface area contributed by atoms with Crippen molar-refractivity contribution in [2.45, 2.75) is 13.8 Å². The molecule has 0 aromatic rings. The zero-order chi connectivity index (χ0) is 7.15. The molecule has 0 heterocycles. The van der Waals surface area contributed by atoms with Crippen molar-refractivity contribution in [1.82, 2.24) is 0 Å². The molecule has 0 aliphatic heterocycles. The summed E-state index contributed by atoms with van der Waals surface area (Å²) < 4.78 is 36.3. The Bertz CT molecular complexity index is 198. The third kappa shape index (κ3) is 9.16. The average molecular weight is 158 g/mol. The molecular weight excluding hydrogens is 152 g/mol. The maximum Gasteiger partial charge on any atom is 0.335 e. The van der Waals surface area contributed by atoms with Crippen molar-refractivity contribution in [3.8, 4) is 0 Å². The lowest BCUT2D eigenvalue weighted by Crippen LogP contribution is -1.54. The zero-order valence-corrected chi connectivity index (χ0v) is 6.08. The molecule has 0 amide bonds. The topological polar surface area (TPSA) is 68.3 Å². The molecule has 0 fully saturated rings. The van der Waals surface area contributed by atoms with E-state index in [2.05, 4.69) is 0 Å². The van der Waals surface area contributed by atoms with Gasteiger partial charge < -0.3 is 0 Å². The summed E-state index contributed by atoms with van der Waals surface area (Å²) >= 11 is 0. The molecule has 0 spiro atoms. The summed E-state index contributed by atoms with van der Waals surface area (Å²) in [5.74, 6) is 0. The van der Waals surface area contributed by atoms with Crippen molar-refractivity contribution in [2.24, 2.45) is 0 Å². The van der Waals surface area contributed by atoms with E-state index in [0.29, 0.717) is 0 Å². The first-order valence-electron chi connectivity index (χ1n) is 1.83. The van der Waals surface area contributed by atoms with Gasteiger partial charge in [0, 0.05) is 0 Å². The van der Waals surface area contributed by atoms with Gasteiger partial charge in [0.1, 0.15) is 0 Å². The van der Waals surface area contributed by atoms with Crippen molar-refractivity contribution in [2.75, 3.05) is 0 Å². The number of hydrogen-bond donors (Lipinski definition) is 0. The minimum absolute atomic E-state index is 2.00. The van der Waals surface area contributed by atoms with Crippen LogP contribution in [0.15, 0.2) is 0 Å². The molecule has 0 saturated heterocycles. The summed E-state index contributed by atoms with van der Waals surface area (Å²) in [5, 5.41) is 0. The molecule has 0 rings (SSSR count). The summed E-state index contributed by atoms with van der Waals surface area (Å²) in [4.78, 5) is 0. The molecule has 50 valence electrons. The third-order valence-electron chi connectivity index (χ3n) is 0.111. The maximum absolute atomic E-state index is 9.09. The smallest absolute Gasteiger partial charge is 0.168 e. The third-order valence-corrected chi connectivity index (χ3v) is 1.00. The highest BCUT2D eigenvalue weighted by Crippen LogP contribution is 1.31. The Morgan fingerprint density at radius 3 is 0.875 bits per heavy atom. The predicted octanol–water partition coefficient (Wildman–Crippen LogP) is -0.314. The SMILES string of the molecule is CC.O=S(=O)=S(=O)=O. The van der Waals surface area contributed by atoms with E-state index >= 15 is 0 Å². The molecular formula is C2H6O4S2. The summed E-state index contributed by atoms with van der Waals surface area (Å²) in [6.45, 7) is 4.00. The summed E-state index contributed by atoms with van der Waals surface area (Å²) in [5.41, 5.74) is 0. The van der Waals surface area contributed by atoms with Crippen LogP contribution in [0.25, 0.3) is 0 Å². The minimum Gasteiger partial charge on any atom is -0.168 e.